The van der Waals surface area contributed by atoms with Crippen LogP contribution in [0.25, 0.3) is 5.69 Å². The van der Waals surface area contributed by atoms with Gasteiger partial charge in [-0.3, -0.25) is 14.7 Å². The summed E-state index contributed by atoms with van der Waals surface area (Å²) in [7, 11) is 1.60. The Labute approximate surface area is 214 Å². The van der Waals surface area contributed by atoms with Gasteiger partial charge in [0, 0.05) is 23.6 Å². The molecule has 2 N–H and O–H groups in total. The van der Waals surface area contributed by atoms with Crippen molar-refractivity contribution in [2.75, 3.05) is 12.4 Å². The van der Waals surface area contributed by atoms with E-state index in [0.29, 0.717) is 41.5 Å². The summed E-state index contributed by atoms with van der Waals surface area (Å²) in [4.78, 5) is 27.1. The first-order valence-corrected chi connectivity index (χ1v) is 12.4. The third-order valence-corrected chi connectivity index (χ3v) is 7.01. The highest BCUT2D eigenvalue weighted by Gasteiger charge is 2.39. The number of rotatable bonds is 6. The number of carbonyl (C=O) groups is 1. The lowest BCUT2D eigenvalue weighted by Crippen LogP contribution is -2.29. The third-order valence-electron chi connectivity index (χ3n) is 7.01. The van der Waals surface area contributed by atoms with Crippen molar-refractivity contribution in [2.24, 2.45) is 0 Å². The lowest BCUT2D eigenvalue weighted by Gasteiger charge is -2.31. The van der Waals surface area contributed by atoms with Gasteiger partial charge in [-0.15, -0.1) is 0 Å². The summed E-state index contributed by atoms with van der Waals surface area (Å²) < 4.78 is 13.3. The van der Waals surface area contributed by atoms with E-state index in [1.54, 1.807) is 7.11 Å². The van der Waals surface area contributed by atoms with Crippen molar-refractivity contribution in [2.45, 2.75) is 31.8 Å². The molecule has 0 fully saturated rings. The maximum Gasteiger partial charge on any atom is 0.277 e. The van der Waals surface area contributed by atoms with E-state index >= 15 is 0 Å². The minimum absolute atomic E-state index is 0.0684. The average molecular weight is 494 g/mol. The predicted octanol–water partition coefficient (Wildman–Crippen LogP) is 5.32. The number of para-hydroxylation sites is 1. The van der Waals surface area contributed by atoms with E-state index in [0.717, 1.165) is 35.4 Å². The summed E-state index contributed by atoms with van der Waals surface area (Å²) in [5.74, 6) is 1.33. The van der Waals surface area contributed by atoms with Crippen LogP contribution in [0.5, 0.6) is 11.5 Å². The first kappa shape index (κ1) is 22.9. The Hall–Kier alpha value is -4.52. The van der Waals surface area contributed by atoms with Gasteiger partial charge in [0.1, 0.15) is 12.4 Å². The van der Waals surface area contributed by atoms with Gasteiger partial charge in [-0.1, -0.05) is 54.6 Å². The zero-order valence-corrected chi connectivity index (χ0v) is 20.5. The topological polar surface area (TPSA) is 85.4 Å². The van der Waals surface area contributed by atoms with Gasteiger partial charge in [0.2, 0.25) is 0 Å². The summed E-state index contributed by atoms with van der Waals surface area (Å²) in [6.07, 6.45) is 2.00. The van der Waals surface area contributed by atoms with Crippen molar-refractivity contribution >= 4 is 11.6 Å². The molecule has 0 radical (unpaired) electrons. The number of ether oxygens (including phenoxy) is 2. The Morgan fingerprint density at radius 3 is 2.43 bits per heavy atom. The number of aromatic nitrogens is 2. The highest BCUT2D eigenvalue weighted by atomic mass is 16.5. The number of allylic oxidation sites excluding steroid dienone is 2. The predicted molar refractivity (Wildman–Crippen MR) is 142 cm³/mol. The van der Waals surface area contributed by atoms with Gasteiger partial charge in [0.05, 0.1) is 18.4 Å². The second-order valence-electron chi connectivity index (χ2n) is 9.29. The average Bonchev–Trinajstić information content (AvgIpc) is 3.27. The summed E-state index contributed by atoms with van der Waals surface area (Å²) in [5.41, 5.74) is 4.44. The fraction of sp³-hybridized carbons (Fsp3) is 0.200. The Kier molecular flexibility index (Phi) is 5.88. The van der Waals surface area contributed by atoms with Crippen LogP contribution in [0, 0.1) is 0 Å². The Morgan fingerprint density at radius 2 is 1.68 bits per heavy atom. The van der Waals surface area contributed by atoms with Crippen LogP contribution in [0.15, 0.2) is 94.9 Å². The highest BCUT2D eigenvalue weighted by molar-refractivity contribution is 6.01. The number of carbonyl (C=O) groups excluding carboxylic acids is 1. The summed E-state index contributed by atoms with van der Waals surface area (Å²) in [6, 6.07) is 25.0. The molecule has 1 atom stereocenters. The molecule has 0 spiro atoms. The smallest absolute Gasteiger partial charge is 0.277 e. The van der Waals surface area contributed by atoms with Crippen molar-refractivity contribution in [3.05, 3.63) is 117 Å². The number of H-pyrrole nitrogens is 1. The highest BCUT2D eigenvalue weighted by Crippen LogP contribution is 2.45. The van der Waals surface area contributed by atoms with Gasteiger partial charge in [-0.05, 0) is 48.2 Å². The normalized spacial score (nSPS) is 16.6. The molecule has 0 saturated heterocycles. The van der Waals surface area contributed by atoms with Crippen LogP contribution in [0.3, 0.4) is 0 Å². The molecule has 0 unspecified atom stereocenters. The maximum absolute atomic E-state index is 13.8. The van der Waals surface area contributed by atoms with Crippen LogP contribution in [-0.4, -0.2) is 22.7 Å². The number of methoxy groups -OCH3 is 1. The summed E-state index contributed by atoms with van der Waals surface area (Å²) in [5, 5.41) is 6.61. The van der Waals surface area contributed by atoms with Crippen LogP contribution in [0.1, 0.15) is 41.9 Å². The van der Waals surface area contributed by atoms with Crippen LogP contribution in [-0.2, 0) is 11.4 Å². The molecule has 6 rings (SSSR count). The Bertz CT molecular complexity index is 1550. The van der Waals surface area contributed by atoms with Gasteiger partial charge in [0.25, 0.3) is 5.56 Å². The van der Waals surface area contributed by atoms with E-state index in [1.165, 1.54) is 4.68 Å². The Balaban J connectivity index is 1.47. The van der Waals surface area contributed by atoms with Crippen molar-refractivity contribution in [1.29, 1.82) is 0 Å². The molecular formula is C30H27N3O4. The molecule has 37 heavy (non-hydrogen) atoms. The molecule has 7 nitrogen and oxygen atoms in total. The molecular weight excluding hydrogens is 466 g/mol. The molecule has 1 aliphatic heterocycles. The quantitative estimate of drug-likeness (QED) is 0.380. The van der Waals surface area contributed by atoms with E-state index in [1.807, 2.05) is 78.9 Å². The molecule has 186 valence electrons. The SMILES string of the molecule is COc1ccc([C@@H]2C3=C(CCCC3=O)Nc3[nH]n(-c4ccccc4)c(=O)c32)cc1OCc1ccccc1. The number of aromatic amines is 1. The van der Waals surface area contributed by atoms with Crippen LogP contribution >= 0.6 is 0 Å². The number of ketones is 1. The molecule has 0 amide bonds. The number of fused-ring (bicyclic) bond motifs is 1. The molecule has 7 heteroatoms. The Morgan fingerprint density at radius 1 is 0.919 bits per heavy atom. The molecule has 2 heterocycles. The molecule has 3 aromatic carbocycles. The molecule has 0 bridgehead atoms. The first-order chi connectivity index (χ1) is 18.1. The van der Waals surface area contributed by atoms with Crippen molar-refractivity contribution < 1.29 is 14.3 Å². The number of nitrogens with zero attached hydrogens (tertiary/aromatic N) is 1. The number of hydrogen-bond donors (Lipinski definition) is 2. The molecule has 1 aromatic heterocycles. The third kappa shape index (κ3) is 4.12. The zero-order chi connectivity index (χ0) is 25.4. The number of nitrogens with one attached hydrogen (secondary N) is 2. The van der Waals surface area contributed by atoms with Crippen molar-refractivity contribution in [3.8, 4) is 17.2 Å². The van der Waals surface area contributed by atoms with E-state index in [9.17, 15) is 9.59 Å². The van der Waals surface area contributed by atoms with E-state index in [4.69, 9.17) is 9.47 Å². The summed E-state index contributed by atoms with van der Waals surface area (Å²) >= 11 is 0. The van der Waals surface area contributed by atoms with Gasteiger partial charge in [-0.2, -0.15) is 0 Å². The summed E-state index contributed by atoms with van der Waals surface area (Å²) in [6.45, 7) is 0.371. The van der Waals surface area contributed by atoms with E-state index in [2.05, 4.69) is 10.4 Å². The van der Waals surface area contributed by atoms with Crippen molar-refractivity contribution in [3.63, 3.8) is 0 Å². The number of hydrogen-bond acceptors (Lipinski definition) is 5. The first-order valence-electron chi connectivity index (χ1n) is 12.4. The second-order valence-corrected chi connectivity index (χ2v) is 9.29. The monoisotopic (exact) mass is 493 g/mol. The van der Waals surface area contributed by atoms with E-state index in [-0.39, 0.29) is 11.3 Å². The minimum atomic E-state index is -0.516. The lowest BCUT2D eigenvalue weighted by atomic mass is 9.77. The van der Waals surface area contributed by atoms with E-state index < -0.39 is 5.92 Å². The van der Waals surface area contributed by atoms with Crippen LogP contribution in [0.2, 0.25) is 0 Å². The van der Waals surface area contributed by atoms with Gasteiger partial charge in [-0.25, -0.2) is 4.68 Å². The molecule has 1 aliphatic carbocycles. The minimum Gasteiger partial charge on any atom is -0.493 e. The van der Waals surface area contributed by atoms with Crippen LogP contribution in [0.4, 0.5) is 5.82 Å². The largest absolute Gasteiger partial charge is 0.493 e. The second kappa shape index (κ2) is 9.50. The van der Waals surface area contributed by atoms with Gasteiger partial charge >= 0.3 is 0 Å². The maximum atomic E-state index is 13.8. The number of benzene rings is 3. The fourth-order valence-corrected chi connectivity index (χ4v) is 5.25. The van der Waals surface area contributed by atoms with Gasteiger partial charge < -0.3 is 14.8 Å². The zero-order valence-electron chi connectivity index (χ0n) is 20.5. The van der Waals surface area contributed by atoms with Gasteiger partial charge in [0.15, 0.2) is 17.3 Å². The fourth-order valence-electron chi connectivity index (χ4n) is 5.25. The van der Waals surface area contributed by atoms with Crippen molar-refractivity contribution in [1.82, 2.24) is 9.78 Å². The standard InChI is InChI=1S/C30H27N3O4/c1-36-24-16-15-20(17-25(24)37-18-19-9-4-2-5-10-19)26-27-22(13-8-14-23(27)34)31-29-28(26)30(35)33(32-29)21-11-6-3-7-12-21/h2-7,9-12,15-17,26,31-32H,8,13-14,18H2,1H3/t26-/m1/s1. The molecule has 0 saturated carbocycles. The van der Waals surface area contributed by atoms with Crippen LogP contribution < -0.4 is 20.3 Å². The number of Topliss-reactive ketones (excluding diaryl/α,β-unsaturated/α-hetero) is 1. The molecule has 2 aliphatic rings. The lowest BCUT2D eigenvalue weighted by molar-refractivity contribution is -0.116. The number of anilines is 1. The molecule has 4 aromatic rings.